The van der Waals surface area contributed by atoms with Crippen molar-refractivity contribution in [2.75, 3.05) is 25.9 Å². The van der Waals surface area contributed by atoms with E-state index in [-0.39, 0.29) is 11.7 Å². The Morgan fingerprint density at radius 1 is 1.40 bits per heavy atom. The van der Waals surface area contributed by atoms with Gasteiger partial charge in [0.05, 0.1) is 6.33 Å². The first-order valence-electron chi connectivity index (χ1n) is 8.63. The normalized spacial score (nSPS) is 34.4. The van der Waals surface area contributed by atoms with E-state index in [9.17, 15) is 10.2 Å². The van der Waals surface area contributed by atoms with E-state index in [1.807, 2.05) is 0 Å². The summed E-state index contributed by atoms with van der Waals surface area (Å²) in [5.41, 5.74) is 6.07. The first kappa shape index (κ1) is 16.6. The summed E-state index contributed by atoms with van der Waals surface area (Å²) in [6.45, 7) is 3.97. The molecule has 1 unspecified atom stereocenters. The number of hydrogen-bond donors (Lipinski definition) is 3. The van der Waals surface area contributed by atoms with Gasteiger partial charge in [-0.3, -0.25) is 4.57 Å². The zero-order valence-corrected chi connectivity index (χ0v) is 14.4. The molecule has 9 nitrogen and oxygen atoms in total. The quantitative estimate of drug-likeness (QED) is 0.677. The molecule has 0 amide bonds. The van der Waals surface area contributed by atoms with E-state index in [2.05, 4.69) is 33.8 Å². The van der Waals surface area contributed by atoms with Crippen molar-refractivity contribution in [1.82, 2.24) is 24.4 Å². The number of ether oxygens (including phenoxy) is 1. The van der Waals surface area contributed by atoms with Crippen LogP contribution >= 0.6 is 0 Å². The van der Waals surface area contributed by atoms with Crippen molar-refractivity contribution in [3.8, 4) is 0 Å². The Labute approximate surface area is 145 Å². The van der Waals surface area contributed by atoms with Crippen molar-refractivity contribution in [1.29, 1.82) is 0 Å². The van der Waals surface area contributed by atoms with Crippen molar-refractivity contribution < 1.29 is 14.9 Å². The Morgan fingerprint density at radius 2 is 2.20 bits per heavy atom. The van der Waals surface area contributed by atoms with Gasteiger partial charge in [-0.1, -0.05) is 6.92 Å². The largest absolute Gasteiger partial charge is 0.387 e. The predicted octanol–water partition coefficient (Wildman–Crippen LogP) is -0.240. The molecule has 5 atom stereocenters. The number of nitrogen functional groups attached to an aromatic ring is 1. The number of rotatable bonds is 5. The first-order chi connectivity index (χ1) is 12.0. The van der Waals surface area contributed by atoms with E-state index >= 15 is 0 Å². The van der Waals surface area contributed by atoms with Crippen LogP contribution in [0.2, 0.25) is 0 Å². The van der Waals surface area contributed by atoms with Crippen LogP contribution in [0.25, 0.3) is 11.2 Å². The van der Waals surface area contributed by atoms with Gasteiger partial charge in [0, 0.05) is 12.5 Å². The smallest absolute Gasteiger partial charge is 0.167 e. The number of fused-ring (bicyclic) bond motifs is 1. The lowest BCUT2D eigenvalue weighted by Crippen LogP contribution is -2.35. The minimum Gasteiger partial charge on any atom is -0.387 e. The SMILES string of the molecule is CCCN(C)C[C@H]1C[C@]12O[C@@H](n1cnc3c(N)ncnc31)C(O)[C@H]2O. The van der Waals surface area contributed by atoms with E-state index in [1.54, 1.807) is 4.57 Å². The van der Waals surface area contributed by atoms with Gasteiger partial charge in [0.15, 0.2) is 17.7 Å². The van der Waals surface area contributed by atoms with Crippen molar-refractivity contribution in [2.45, 2.75) is 43.8 Å². The molecule has 4 rings (SSSR count). The van der Waals surface area contributed by atoms with Crippen LogP contribution in [-0.2, 0) is 4.74 Å². The topological polar surface area (TPSA) is 123 Å². The lowest BCUT2D eigenvalue weighted by atomic mass is 10.1. The standard InChI is InChI=1S/C16H24N6O3/c1-3-4-21(2)6-9-5-16(9)12(24)11(23)15(25-16)22-8-20-10-13(17)18-7-19-14(10)22/h7-9,11-12,15,23-24H,3-6H2,1-2H3,(H2,17,18,19)/t9-,11?,12-,15-,16+/m1/s1. The molecule has 0 aromatic carbocycles. The second-order valence-corrected chi connectivity index (χ2v) is 7.15. The van der Waals surface area contributed by atoms with E-state index in [4.69, 9.17) is 10.5 Å². The van der Waals surface area contributed by atoms with Gasteiger partial charge in [-0.2, -0.15) is 0 Å². The van der Waals surface area contributed by atoms with Gasteiger partial charge in [0.25, 0.3) is 0 Å². The molecule has 1 spiro atoms. The summed E-state index contributed by atoms with van der Waals surface area (Å²) in [7, 11) is 2.06. The van der Waals surface area contributed by atoms with Crippen molar-refractivity contribution in [3.05, 3.63) is 12.7 Å². The van der Waals surface area contributed by atoms with Crippen LogP contribution in [0.3, 0.4) is 0 Å². The highest BCUT2D eigenvalue weighted by molar-refractivity contribution is 5.81. The Hall–Kier alpha value is -1.81. The third-order valence-corrected chi connectivity index (χ3v) is 5.35. The minimum atomic E-state index is -1.05. The zero-order valence-electron chi connectivity index (χ0n) is 14.4. The summed E-state index contributed by atoms with van der Waals surface area (Å²) in [5, 5.41) is 21.2. The number of aliphatic hydroxyl groups excluding tert-OH is 2. The Kier molecular flexibility index (Phi) is 3.91. The summed E-state index contributed by atoms with van der Waals surface area (Å²) in [5.74, 6) is 0.477. The summed E-state index contributed by atoms with van der Waals surface area (Å²) < 4.78 is 7.79. The number of nitrogens with two attached hydrogens (primary N) is 1. The average molecular weight is 348 g/mol. The highest BCUT2D eigenvalue weighted by atomic mass is 16.6. The summed E-state index contributed by atoms with van der Waals surface area (Å²) >= 11 is 0. The van der Waals surface area contributed by atoms with Crippen molar-refractivity contribution in [2.24, 2.45) is 5.92 Å². The molecule has 1 aliphatic heterocycles. The highest BCUT2D eigenvalue weighted by Gasteiger charge is 2.68. The van der Waals surface area contributed by atoms with Crippen molar-refractivity contribution >= 4 is 17.0 Å². The lowest BCUT2D eigenvalue weighted by molar-refractivity contribution is -0.0546. The molecule has 0 bridgehead atoms. The van der Waals surface area contributed by atoms with Gasteiger partial charge in [-0.25, -0.2) is 15.0 Å². The molecule has 4 N–H and O–H groups in total. The number of imidazole rings is 1. The van der Waals surface area contributed by atoms with E-state index in [0.717, 1.165) is 25.9 Å². The molecule has 3 heterocycles. The van der Waals surface area contributed by atoms with Gasteiger partial charge >= 0.3 is 0 Å². The fourth-order valence-electron chi connectivity index (χ4n) is 3.99. The van der Waals surface area contributed by atoms with Gasteiger partial charge in [-0.05, 0) is 26.4 Å². The van der Waals surface area contributed by atoms with Crippen LogP contribution in [0.1, 0.15) is 26.0 Å². The fourth-order valence-corrected chi connectivity index (χ4v) is 3.99. The number of aliphatic hydroxyl groups is 2. The van der Waals surface area contributed by atoms with Crippen molar-refractivity contribution in [3.63, 3.8) is 0 Å². The van der Waals surface area contributed by atoms with E-state index < -0.39 is 24.0 Å². The minimum absolute atomic E-state index is 0.202. The number of aromatic nitrogens is 4. The number of anilines is 1. The van der Waals surface area contributed by atoms with Gasteiger partial charge in [-0.15, -0.1) is 0 Å². The summed E-state index contributed by atoms with van der Waals surface area (Å²) in [6.07, 6.45) is 1.96. The Bertz CT molecular complexity index is 782. The maximum absolute atomic E-state index is 10.6. The van der Waals surface area contributed by atoms with Gasteiger partial charge in [0.2, 0.25) is 0 Å². The molecule has 25 heavy (non-hydrogen) atoms. The number of nitrogens with zero attached hydrogens (tertiary/aromatic N) is 5. The van der Waals surface area contributed by atoms with Crippen LogP contribution in [0.15, 0.2) is 12.7 Å². The van der Waals surface area contributed by atoms with Crippen LogP contribution in [0.4, 0.5) is 5.82 Å². The van der Waals surface area contributed by atoms with Crippen LogP contribution in [-0.4, -0.2) is 72.6 Å². The predicted molar refractivity (Wildman–Crippen MR) is 90.5 cm³/mol. The molecule has 2 fully saturated rings. The molecule has 9 heteroatoms. The number of hydrogen-bond acceptors (Lipinski definition) is 8. The second-order valence-electron chi connectivity index (χ2n) is 7.15. The fraction of sp³-hybridized carbons (Fsp3) is 0.688. The maximum Gasteiger partial charge on any atom is 0.167 e. The molecule has 136 valence electrons. The average Bonchev–Trinajstić information content (AvgIpc) is 2.97. The molecule has 2 aromatic heterocycles. The zero-order chi connectivity index (χ0) is 17.8. The van der Waals surface area contributed by atoms with E-state index in [0.29, 0.717) is 11.2 Å². The molecule has 1 saturated carbocycles. The molecule has 1 aliphatic carbocycles. The third-order valence-electron chi connectivity index (χ3n) is 5.35. The van der Waals surface area contributed by atoms with Crippen LogP contribution in [0, 0.1) is 5.92 Å². The maximum atomic E-state index is 10.6. The Morgan fingerprint density at radius 3 is 2.96 bits per heavy atom. The monoisotopic (exact) mass is 348 g/mol. The Balaban J connectivity index is 1.58. The third kappa shape index (κ3) is 2.50. The molecule has 2 aliphatic rings. The van der Waals surface area contributed by atoms with E-state index in [1.165, 1.54) is 12.7 Å². The molecule has 1 saturated heterocycles. The summed E-state index contributed by atoms with van der Waals surface area (Å²) in [4.78, 5) is 14.6. The second kappa shape index (κ2) is 5.87. The molecule has 0 radical (unpaired) electrons. The van der Waals surface area contributed by atoms with Gasteiger partial charge in [0.1, 0.15) is 29.7 Å². The molecular weight excluding hydrogens is 324 g/mol. The highest BCUT2D eigenvalue weighted by Crippen LogP contribution is 2.57. The van der Waals surface area contributed by atoms with Crippen LogP contribution < -0.4 is 5.73 Å². The summed E-state index contributed by atoms with van der Waals surface area (Å²) in [6, 6.07) is 0. The molecule has 2 aromatic rings. The van der Waals surface area contributed by atoms with Crippen LogP contribution in [0.5, 0.6) is 0 Å². The first-order valence-corrected chi connectivity index (χ1v) is 8.63. The molecular formula is C16H24N6O3. The lowest BCUT2D eigenvalue weighted by Gasteiger charge is -2.19. The van der Waals surface area contributed by atoms with Gasteiger partial charge < -0.3 is 25.6 Å².